The van der Waals surface area contributed by atoms with Crippen LogP contribution in [0.15, 0.2) is 30.5 Å². The maximum Gasteiger partial charge on any atom is 0.259 e. The zero-order valence-electron chi connectivity index (χ0n) is 15.8. The number of carbonyl (C=O) groups is 1. The number of halogens is 2. The lowest BCUT2D eigenvalue weighted by atomic mass is 10.1. The van der Waals surface area contributed by atoms with Gasteiger partial charge in [0.05, 0.1) is 6.20 Å². The third-order valence-corrected chi connectivity index (χ3v) is 5.47. The van der Waals surface area contributed by atoms with Crippen molar-refractivity contribution in [2.45, 2.75) is 20.4 Å². The summed E-state index contributed by atoms with van der Waals surface area (Å²) in [6, 6.07) is 6.65. The van der Waals surface area contributed by atoms with Gasteiger partial charge in [-0.3, -0.25) is 9.69 Å². The van der Waals surface area contributed by atoms with Crippen molar-refractivity contribution in [1.82, 2.24) is 24.4 Å². The number of piperazine rings is 1. The van der Waals surface area contributed by atoms with Gasteiger partial charge in [0, 0.05) is 54.7 Å². The lowest BCUT2D eigenvalue weighted by Crippen LogP contribution is -2.48. The van der Waals surface area contributed by atoms with Gasteiger partial charge in [-0.2, -0.15) is 5.10 Å². The molecule has 4 rings (SSSR count). The summed E-state index contributed by atoms with van der Waals surface area (Å²) in [5, 5.41) is 4.74. The average molecular weight is 402 g/mol. The van der Waals surface area contributed by atoms with E-state index in [1.807, 2.05) is 19.9 Å². The Morgan fingerprint density at radius 1 is 1.21 bits per heavy atom. The predicted octanol–water partition coefficient (Wildman–Crippen LogP) is 3.10. The van der Waals surface area contributed by atoms with Crippen molar-refractivity contribution in [2.24, 2.45) is 0 Å². The Morgan fingerprint density at radius 2 is 1.96 bits per heavy atom. The number of aryl methyl sites for hydroxylation is 2. The molecule has 0 saturated carbocycles. The monoisotopic (exact) mass is 401 g/mol. The summed E-state index contributed by atoms with van der Waals surface area (Å²) in [4.78, 5) is 21.4. The summed E-state index contributed by atoms with van der Waals surface area (Å²) < 4.78 is 15.7. The van der Waals surface area contributed by atoms with Crippen LogP contribution in [0.2, 0.25) is 5.02 Å². The second-order valence-corrected chi connectivity index (χ2v) is 7.51. The van der Waals surface area contributed by atoms with Crippen molar-refractivity contribution in [1.29, 1.82) is 0 Å². The van der Waals surface area contributed by atoms with Crippen molar-refractivity contribution in [2.75, 3.05) is 26.2 Å². The van der Waals surface area contributed by atoms with E-state index in [2.05, 4.69) is 15.0 Å². The Kier molecular flexibility index (Phi) is 5.03. The highest BCUT2D eigenvalue weighted by atomic mass is 35.5. The Labute approximate surface area is 167 Å². The van der Waals surface area contributed by atoms with E-state index >= 15 is 0 Å². The molecule has 1 saturated heterocycles. The van der Waals surface area contributed by atoms with E-state index < -0.39 is 0 Å². The highest BCUT2D eigenvalue weighted by Crippen LogP contribution is 2.22. The fourth-order valence-corrected chi connectivity index (χ4v) is 3.83. The fourth-order valence-electron chi connectivity index (χ4n) is 3.61. The van der Waals surface area contributed by atoms with Gasteiger partial charge in [0.1, 0.15) is 11.4 Å². The molecule has 2 aromatic heterocycles. The minimum Gasteiger partial charge on any atom is -0.336 e. The van der Waals surface area contributed by atoms with Crippen LogP contribution in [0, 0.1) is 19.7 Å². The van der Waals surface area contributed by atoms with Crippen molar-refractivity contribution < 1.29 is 9.18 Å². The zero-order valence-corrected chi connectivity index (χ0v) is 16.6. The molecule has 0 bridgehead atoms. The maximum absolute atomic E-state index is 14.0. The number of hydrogen-bond acceptors (Lipinski definition) is 4. The first-order valence-corrected chi connectivity index (χ1v) is 9.58. The quantitative estimate of drug-likeness (QED) is 0.676. The van der Waals surface area contributed by atoms with E-state index in [9.17, 15) is 9.18 Å². The number of aromatic nitrogens is 3. The van der Waals surface area contributed by atoms with Gasteiger partial charge in [0.2, 0.25) is 0 Å². The lowest BCUT2D eigenvalue weighted by molar-refractivity contribution is 0.0628. The summed E-state index contributed by atoms with van der Waals surface area (Å²) in [6.45, 7) is 6.71. The molecule has 1 aliphatic rings. The summed E-state index contributed by atoms with van der Waals surface area (Å²) in [5.74, 6) is -0.370. The number of hydrogen-bond donors (Lipinski definition) is 0. The van der Waals surface area contributed by atoms with Crippen molar-refractivity contribution in [3.05, 3.63) is 63.8 Å². The minimum absolute atomic E-state index is 0.0731. The topological polar surface area (TPSA) is 53.7 Å². The van der Waals surface area contributed by atoms with E-state index in [1.54, 1.807) is 27.7 Å². The van der Waals surface area contributed by atoms with Crippen molar-refractivity contribution >= 4 is 23.2 Å². The zero-order chi connectivity index (χ0) is 19.8. The number of benzene rings is 1. The first kappa shape index (κ1) is 18.8. The number of rotatable bonds is 3. The molecule has 0 radical (unpaired) electrons. The van der Waals surface area contributed by atoms with Crippen LogP contribution in [0.3, 0.4) is 0 Å². The second kappa shape index (κ2) is 7.48. The van der Waals surface area contributed by atoms with Gasteiger partial charge >= 0.3 is 0 Å². The summed E-state index contributed by atoms with van der Waals surface area (Å²) in [7, 11) is 0. The number of amides is 1. The van der Waals surface area contributed by atoms with Gasteiger partial charge in [-0.25, -0.2) is 13.9 Å². The van der Waals surface area contributed by atoms with Crippen LogP contribution in [0.1, 0.15) is 27.3 Å². The Hall–Kier alpha value is -2.51. The highest BCUT2D eigenvalue weighted by Gasteiger charge is 2.26. The van der Waals surface area contributed by atoms with Crippen LogP contribution in [0.25, 0.3) is 5.65 Å². The third kappa shape index (κ3) is 3.47. The third-order valence-electron chi connectivity index (χ3n) is 5.11. The average Bonchev–Trinajstić information content (AvgIpc) is 3.09. The van der Waals surface area contributed by atoms with Crippen LogP contribution in [-0.2, 0) is 6.54 Å². The van der Waals surface area contributed by atoms with Crippen LogP contribution in [0.5, 0.6) is 0 Å². The number of fused-ring (bicyclic) bond motifs is 1. The first-order valence-electron chi connectivity index (χ1n) is 9.20. The highest BCUT2D eigenvalue weighted by molar-refractivity contribution is 6.31. The Bertz CT molecular complexity index is 1020. The molecule has 0 N–H and O–H groups in total. The number of carbonyl (C=O) groups excluding carboxylic acids is 1. The smallest absolute Gasteiger partial charge is 0.259 e. The Balaban J connectivity index is 1.46. The predicted molar refractivity (Wildman–Crippen MR) is 105 cm³/mol. The maximum atomic E-state index is 14.0. The Morgan fingerprint density at radius 3 is 2.68 bits per heavy atom. The lowest BCUT2D eigenvalue weighted by Gasteiger charge is -2.34. The minimum atomic E-state index is -0.297. The fraction of sp³-hybridized carbons (Fsp3) is 0.350. The molecule has 0 spiro atoms. The van der Waals surface area contributed by atoms with E-state index in [-0.39, 0.29) is 11.7 Å². The van der Waals surface area contributed by atoms with E-state index in [1.165, 1.54) is 6.07 Å². The number of nitrogens with zero attached hydrogens (tertiary/aromatic N) is 5. The molecule has 3 aromatic rings. The molecule has 6 nitrogen and oxygen atoms in total. The van der Waals surface area contributed by atoms with Crippen molar-refractivity contribution in [3.8, 4) is 0 Å². The van der Waals surface area contributed by atoms with Crippen molar-refractivity contribution in [3.63, 3.8) is 0 Å². The summed E-state index contributed by atoms with van der Waals surface area (Å²) in [5.41, 5.74) is 3.39. The normalized spacial score (nSPS) is 15.4. The van der Waals surface area contributed by atoms with Crippen LogP contribution >= 0.6 is 11.6 Å². The van der Waals surface area contributed by atoms with Gasteiger partial charge in [-0.05, 0) is 32.0 Å². The van der Waals surface area contributed by atoms with Crippen LogP contribution < -0.4 is 0 Å². The molecule has 8 heteroatoms. The molecule has 0 atom stereocenters. The standard InChI is InChI=1S/C20H21ClFN5O/c1-13-10-14(2)27-19(24-13)15(11-23-27)20(28)26-8-6-25(7-9-26)12-16-17(21)4-3-5-18(16)22/h3-5,10-11H,6-9,12H2,1-2H3. The van der Waals surface area contributed by atoms with Gasteiger partial charge < -0.3 is 4.90 Å². The molecular weight excluding hydrogens is 381 g/mol. The van der Waals surface area contributed by atoms with E-state index in [0.29, 0.717) is 54.5 Å². The molecule has 0 unspecified atom stereocenters. The molecule has 28 heavy (non-hydrogen) atoms. The molecule has 1 aromatic carbocycles. The van der Waals surface area contributed by atoms with Crippen LogP contribution in [0.4, 0.5) is 4.39 Å². The first-order chi connectivity index (χ1) is 13.4. The molecule has 3 heterocycles. The SMILES string of the molecule is Cc1cc(C)n2ncc(C(=O)N3CCN(Cc4c(F)cccc4Cl)CC3)c2n1. The van der Waals surface area contributed by atoms with Gasteiger partial charge in [-0.1, -0.05) is 17.7 Å². The molecule has 0 aliphatic carbocycles. The summed E-state index contributed by atoms with van der Waals surface area (Å²) in [6.07, 6.45) is 1.59. The largest absolute Gasteiger partial charge is 0.336 e. The van der Waals surface area contributed by atoms with E-state index in [4.69, 9.17) is 11.6 Å². The molecular formula is C20H21ClFN5O. The van der Waals surface area contributed by atoms with Gasteiger partial charge in [0.15, 0.2) is 5.65 Å². The van der Waals surface area contributed by atoms with Gasteiger partial charge in [0.25, 0.3) is 5.91 Å². The second-order valence-electron chi connectivity index (χ2n) is 7.10. The molecule has 1 amide bonds. The summed E-state index contributed by atoms with van der Waals surface area (Å²) >= 11 is 6.13. The van der Waals surface area contributed by atoms with E-state index in [0.717, 1.165) is 11.4 Å². The van der Waals surface area contributed by atoms with Gasteiger partial charge in [-0.15, -0.1) is 0 Å². The van der Waals surface area contributed by atoms with Crippen LogP contribution in [-0.4, -0.2) is 56.5 Å². The molecule has 1 fully saturated rings. The molecule has 1 aliphatic heterocycles. The molecule has 146 valence electrons.